The Labute approximate surface area is 178 Å². The smallest absolute Gasteiger partial charge is 0.185 e. The summed E-state index contributed by atoms with van der Waals surface area (Å²) in [6.07, 6.45) is 3.04. The maximum absolute atomic E-state index is 12.3. The first-order valence-corrected chi connectivity index (χ1v) is 9.48. The van der Waals surface area contributed by atoms with Crippen molar-refractivity contribution >= 4 is 35.1 Å². The number of carbonyl (C=O) groups excluding carboxylic acids is 1. The summed E-state index contributed by atoms with van der Waals surface area (Å²) in [5.74, 6) is 0.655. The molecule has 0 atom stereocenters. The van der Waals surface area contributed by atoms with Gasteiger partial charge in [-0.3, -0.25) is 4.79 Å². The van der Waals surface area contributed by atoms with E-state index in [0.717, 1.165) is 5.56 Å². The molecule has 0 amide bonds. The van der Waals surface area contributed by atoms with Crippen molar-refractivity contribution in [2.45, 2.75) is 6.61 Å². The van der Waals surface area contributed by atoms with Crippen LogP contribution in [0, 0.1) is 0 Å². The van der Waals surface area contributed by atoms with E-state index >= 15 is 0 Å². The zero-order valence-electron chi connectivity index (χ0n) is 15.6. The van der Waals surface area contributed by atoms with Crippen LogP contribution in [0.15, 0.2) is 66.7 Å². The van der Waals surface area contributed by atoms with Crippen LogP contribution in [0.1, 0.15) is 21.5 Å². The highest BCUT2D eigenvalue weighted by molar-refractivity contribution is 6.32. The van der Waals surface area contributed by atoms with E-state index in [-0.39, 0.29) is 18.1 Å². The van der Waals surface area contributed by atoms with E-state index in [1.54, 1.807) is 36.4 Å². The summed E-state index contributed by atoms with van der Waals surface area (Å²) in [6, 6.07) is 16.9. The monoisotopic (exact) mass is 428 g/mol. The van der Waals surface area contributed by atoms with Gasteiger partial charge in [-0.25, -0.2) is 0 Å². The fourth-order valence-corrected chi connectivity index (χ4v) is 3.17. The SMILES string of the molecule is COc1cc(C=CC(=O)c2cccc(O)c2)cc(Cl)c1OCc1cccc(Cl)c1. The third-order valence-corrected chi connectivity index (χ3v) is 4.60. The number of rotatable bonds is 7. The van der Waals surface area contributed by atoms with E-state index in [9.17, 15) is 9.90 Å². The number of benzene rings is 3. The summed E-state index contributed by atoms with van der Waals surface area (Å²) in [7, 11) is 1.52. The number of phenols is 1. The summed E-state index contributed by atoms with van der Waals surface area (Å²) in [5, 5.41) is 10.5. The number of phenolic OH excluding ortho intramolecular Hbond substituents is 1. The van der Waals surface area contributed by atoms with Crippen molar-refractivity contribution in [3.05, 3.63) is 93.5 Å². The quantitative estimate of drug-likeness (QED) is 0.360. The molecule has 0 radical (unpaired) electrons. The second kappa shape index (κ2) is 9.50. The molecule has 29 heavy (non-hydrogen) atoms. The Hall–Kier alpha value is -2.95. The molecule has 3 aromatic carbocycles. The number of methoxy groups -OCH3 is 1. The molecule has 3 aromatic rings. The van der Waals surface area contributed by atoms with Crippen molar-refractivity contribution in [2.24, 2.45) is 0 Å². The Balaban J connectivity index is 1.78. The Morgan fingerprint density at radius 3 is 2.59 bits per heavy atom. The molecule has 0 saturated carbocycles. The molecule has 0 heterocycles. The number of ketones is 1. The first-order chi connectivity index (χ1) is 14.0. The normalized spacial score (nSPS) is 10.9. The van der Waals surface area contributed by atoms with E-state index in [1.807, 2.05) is 18.2 Å². The number of aromatic hydroxyl groups is 1. The van der Waals surface area contributed by atoms with Crippen molar-refractivity contribution in [1.82, 2.24) is 0 Å². The summed E-state index contributed by atoms with van der Waals surface area (Å²) >= 11 is 12.4. The fourth-order valence-electron chi connectivity index (χ4n) is 2.69. The minimum atomic E-state index is -0.239. The summed E-state index contributed by atoms with van der Waals surface area (Å²) in [4.78, 5) is 12.3. The van der Waals surface area contributed by atoms with E-state index in [4.69, 9.17) is 32.7 Å². The van der Waals surface area contributed by atoms with E-state index in [0.29, 0.717) is 32.7 Å². The van der Waals surface area contributed by atoms with Crippen molar-refractivity contribution in [1.29, 1.82) is 0 Å². The number of hydrogen-bond donors (Lipinski definition) is 1. The van der Waals surface area contributed by atoms with E-state index in [1.165, 1.54) is 25.3 Å². The maximum Gasteiger partial charge on any atom is 0.185 e. The van der Waals surface area contributed by atoms with Crippen LogP contribution in [-0.2, 0) is 6.61 Å². The zero-order valence-corrected chi connectivity index (χ0v) is 17.1. The van der Waals surface area contributed by atoms with Crippen molar-refractivity contribution < 1.29 is 19.4 Å². The molecular formula is C23H18Cl2O4. The zero-order chi connectivity index (χ0) is 20.8. The van der Waals surface area contributed by atoms with Crippen LogP contribution in [0.4, 0.5) is 0 Å². The molecule has 0 unspecified atom stereocenters. The molecule has 0 aromatic heterocycles. The minimum Gasteiger partial charge on any atom is -0.508 e. The maximum atomic E-state index is 12.3. The molecule has 3 rings (SSSR count). The third kappa shape index (κ3) is 5.53. The Morgan fingerprint density at radius 1 is 1.07 bits per heavy atom. The van der Waals surface area contributed by atoms with Crippen LogP contribution in [0.5, 0.6) is 17.2 Å². The highest BCUT2D eigenvalue weighted by atomic mass is 35.5. The molecule has 0 aliphatic heterocycles. The van der Waals surface area contributed by atoms with Crippen LogP contribution >= 0.6 is 23.2 Å². The standard InChI is InChI=1S/C23H18Cl2O4/c1-28-22-12-15(8-9-21(27)17-5-3-7-19(26)13-17)11-20(25)23(22)29-14-16-4-2-6-18(24)10-16/h2-13,26H,14H2,1H3. The predicted octanol–water partition coefficient (Wildman–Crippen LogP) is 6.18. The Kier molecular flexibility index (Phi) is 6.81. The largest absolute Gasteiger partial charge is 0.508 e. The van der Waals surface area contributed by atoms with Gasteiger partial charge in [0.25, 0.3) is 0 Å². The third-order valence-electron chi connectivity index (χ3n) is 4.08. The molecule has 0 fully saturated rings. The van der Waals surface area contributed by atoms with Crippen LogP contribution < -0.4 is 9.47 Å². The molecule has 4 nitrogen and oxygen atoms in total. The molecular weight excluding hydrogens is 411 g/mol. The topological polar surface area (TPSA) is 55.8 Å². The number of hydrogen-bond acceptors (Lipinski definition) is 4. The molecule has 0 bridgehead atoms. The lowest BCUT2D eigenvalue weighted by Crippen LogP contribution is -1.99. The van der Waals surface area contributed by atoms with Gasteiger partial charge in [-0.1, -0.05) is 53.5 Å². The average molecular weight is 429 g/mol. The second-order valence-corrected chi connectivity index (χ2v) is 7.04. The highest BCUT2D eigenvalue weighted by Crippen LogP contribution is 2.37. The minimum absolute atomic E-state index is 0.0372. The molecule has 148 valence electrons. The van der Waals surface area contributed by atoms with Crippen molar-refractivity contribution in [2.75, 3.05) is 7.11 Å². The van der Waals surface area contributed by atoms with Crippen LogP contribution in [-0.4, -0.2) is 18.0 Å². The first-order valence-electron chi connectivity index (χ1n) is 8.72. The van der Waals surface area contributed by atoms with Gasteiger partial charge >= 0.3 is 0 Å². The molecule has 1 N–H and O–H groups in total. The lowest BCUT2D eigenvalue weighted by molar-refractivity contribution is 0.104. The summed E-state index contributed by atoms with van der Waals surface area (Å²) in [5.41, 5.74) is 1.97. The van der Waals surface area contributed by atoms with Gasteiger partial charge in [-0.15, -0.1) is 0 Å². The predicted molar refractivity (Wildman–Crippen MR) is 115 cm³/mol. The number of ether oxygens (including phenoxy) is 2. The van der Waals surface area contributed by atoms with Gasteiger partial charge < -0.3 is 14.6 Å². The van der Waals surface area contributed by atoms with Gasteiger partial charge in [-0.05, 0) is 53.6 Å². The van der Waals surface area contributed by atoms with Gasteiger partial charge in [-0.2, -0.15) is 0 Å². The molecule has 0 spiro atoms. The lowest BCUT2D eigenvalue weighted by atomic mass is 10.1. The Morgan fingerprint density at radius 2 is 1.86 bits per heavy atom. The van der Waals surface area contributed by atoms with Gasteiger partial charge in [0.15, 0.2) is 17.3 Å². The first kappa shape index (κ1) is 20.8. The number of allylic oxidation sites excluding steroid dienone is 1. The highest BCUT2D eigenvalue weighted by Gasteiger charge is 2.12. The average Bonchev–Trinajstić information content (AvgIpc) is 2.70. The van der Waals surface area contributed by atoms with Crippen LogP contribution in [0.2, 0.25) is 10.0 Å². The summed E-state index contributed by atoms with van der Waals surface area (Å²) in [6.45, 7) is 0.280. The van der Waals surface area contributed by atoms with Gasteiger partial charge in [0, 0.05) is 10.6 Å². The Bertz CT molecular complexity index is 1060. The van der Waals surface area contributed by atoms with E-state index < -0.39 is 0 Å². The molecule has 0 aliphatic rings. The molecule has 6 heteroatoms. The van der Waals surface area contributed by atoms with Crippen LogP contribution in [0.3, 0.4) is 0 Å². The number of halogens is 2. The molecule has 0 saturated heterocycles. The van der Waals surface area contributed by atoms with Gasteiger partial charge in [0.05, 0.1) is 12.1 Å². The molecule has 0 aliphatic carbocycles. The van der Waals surface area contributed by atoms with Gasteiger partial charge in [0.1, 0.15) is 12.4 Å². The number of carbonyl (C=O) groups is 1. The summed E-state index contributed by atoms with van der Waals surface area (Å²) < 4.78 is 11.2. The second-order valence-electron chi connectivity index (χ2n) is 6.20. The van der Waals surface area contributed by atoms with E-state index in [2.05, 4.69) is 0 Å². The van der Waals surface area contributed by atoms with Crippen molar-refractivity contribution in [3.63, 3.8) is 0 Å². The van der Waals surface area contributed by atoms with Crippen LogP contribution in [0.25, 0.3) is 6.08 Å². The fraction of sp³-hybridized carbons (Fsp3) is 0.0870. The van der Waals surface area contributed by atoms with Crippen molar-refractivity contribution in [3.8, 4) is 17.2 Å². The lowest BCUT2D eigenvalue weighted by Gasteiger charge is -2.13. The van der Waals surface area contributed by atoms with Gasteiger partial charge in [0.2, 0.25) is 0 Å².